The molecule has 0 aliphatic heterocycles. The highest BCUT2D eigenvalue weighted by molar-refractivity contribution is 5.95. The maximum absolute atomic E-state index is 13.5. The second-order valence-corrected chi connectivity index (χ2v) is 8.91. The Balaban J connectivity index is 1.32. The number of H-pyrrole nitrogens is 1. The number of amides is 2. The van der Waals surface area contributed by atoms with Crippen molar-refractivity contribution >= 4 is 11.8 Å². The van der Waals surface area contributed by atoms with Gasteiger partial charge in [-0.05, 0) is 55.7 Å². The molecule has 0 unspecified atom stereocenters. The summed E-state index contributed by atoms with van der Waals surface area (Å²) in [5, 5.41) is 13.3. The number of aromatic nitrogens is 2. The van der Waals surface area contributed by atoms with Crippen LogP contribution in [0.2, 0.25) is 0 Å². The van der Waals surface area contributed by atoms with E-state index in [1.165, 1.54) is 6.07 Å². The largest absolute Gasteiger partial charge is 0.351 e. The lowest BCUT2D eigenvalue weighted by Gasteiger charge is -2.38. The molecule has 1 aromatic carbocycles. The topological polar surface area (TPSA) is 86.9 Å². The molecule has 2 fully saturated rings. The normalized spacial score (nSPS) is 25.5. The van der Waals surface area contributed by atoms with Gasteiger partial charge in [-0.2, -0.15) is 5.10 Å². The Kier molecular flexibility index (Phi) is 6.68. The number of carbonyl (C=O) groups is 2. The van der Waals surface area contributed by atoms with E-state index in [4.69, 9.17) is 0 Å². The van der Waals surface area contributed by atoms with Gasteiger partial charge in [0.2, 0.25) is 5.91 Å². The summed E-state index contributed by atoms with van der Waals surface area (Å²) in [7, 11) is 0. The number of aromatic amines is 1. The Morgan fingerprint density at radius 3 is 2.61 bits per heavy atom. The Bertz CT molecular complexity index is 922. The molecule has 3 N–H and O–H groups in total. The Hall–Kier alpha value is -2.70. The second-order valence-electron chi connectivity index (χ2n) is 8.91. The van der Waals surface area contributed by atoms with Crippen molar-refractivity contribution in [2.45, 2.75) is 76.3 Å². The van der Waals surface area contributed by atoms with Gasteiger partial charge in [-0.1, -0.05) is 38.3 Å². The number of nitrogens with one attached hydrogen (secondary N) is 3. The number of hydrogen-bond donors (Lipinski definition) is 3. The predicted molar refractivity (Wildman–Crippen MR) is 116 cm³/mol. The molecule has 6 nitrogen and oxygen atoms in total. The highest BCUT2D eigenvalue weighted by atomic mass is 19.1. The van der Waals surface area contributed by atoms with E-state index in [0.29, 0.717) is 5.56 Å². The molecule has 0 radical (unpaired) electrons. The maximum Gasteiger partial charge on any atom is 0.255 e. The van der Waals surface area contributed by atoms with Crippen LogP contribution in [0.4, 0.5) is 4.39 Å². The first-order chi connectivity index (χ1) is 15.0. The van der Waals surface area contributed by atoms with Crippen LogP contribution in [0.5, 0.6) is 0 Å². The fourth-order valence-corrected chi connectivity index (χ4v) is 4.84. The van der Waals surface area contributed by atoms with Crippen LogP contribution in [0.15, 0.2) is 30.5 Å². The van der Waals surface area contributed by atoms with E-state index < -0.39 is 0 Å². The number of carbonyl (C=O) groups excluding carboxylic acids is 2. The number of aryl methyl sites for hydroxylation is 1. The average molecular weight is 427 g/mol. The van der Waals surface area contributed by atoms with E-state index in [-0.39, 0.29) is 41.6 Å². The van der Waals surface area contributed by atoms with Crippen LogP contribution in [0.1, 0.15) is 79.4 Å². The maximum atomic E-state index is 13.5. The Labute approximate surface area is 182 Å². The number of rotatable bonds is 7. The van der Waals surface area contributed by atoms with Gasteiger partial charge >= 0.3 is 0 Å². The third-order valence-electron chi connectivity index (χ3n) is 6.70. The molecule has 31 heavy (non-hydrogen) atoms. The van der Waals surface area contributed by atoms with Crippen LogP contribution in [0.25, 0.3) is 0 Å². The highest BCUT2D eigenvalue weighted by Gasteiger charge is 2.37. The smallest absolute Gasteiger partial charge is 0.255 e. The Morgan fingerprint density at radius 1 is 1.16 bits per heavy atom. The summed E-state index contributed by atoms with van der Waals surface area (Å²) < 4.78 is 13.5. The highest BCUT2D eigenvalue weighted by Crippen LogP contribution is 2.42. The molecule has 2 aromatic rings. The van der Waals surface area contributed by atoms with Gasteiger partial charge in [0.05, 0.1) is 11.8 Å². The van der Waals surface area contributed by atoms with Gasteiger partial charge in [0.1, 0.15) is 5.82 Å². The number of hydrogen-bond acceptors (Lipinski definition) is 3. The molecule has 0 bridgehead atoms. The summed E-state index contributed by atoms with van der Waals surface area (Å²) in [5.41, 5.74) is 2.42. The third kappa shape index (κ3) is 4.97. The minimum absolute atomic E-state index is 0.0448. The van der Waals surface area contributed by atoms with E-state index in [0.717, 1.165) is 62.6 Å². The van der Waals surface area contributed by atoms with Gasteiger partial charge in [-0.3, -0.25) is 14.7 Å². The van der Waals surface area contributed by atoms with Crippen molar-refractivity contribution in [3.8, 4) is 0 Å². The summed E-state index contributed by atoms with van der Waals surface area (Å²) >= 11 is 0. The molecular formula is C24H31FN4O2. The minimum atomic E-state index is -0.231. The fraction of sp³-hybridized carbons (Fsp3) is 0.542. The van der Waals surface area contributed by atoms with Gasteiger partial charge in [-0.25, -0.2) is 4.39 Å². The SMILES string of the molecule is CCCc1[nH]ncc1C(=O)N[C@@H]1CCCC[C@H]1NC(=O)C1CC(c2cccc(F)c2)C1. The molecule has 4 rings (SSSR count). The quantitative estimate of drug-likeness (QED) is 0.628. The van der Waals surface area contributed by atoms with E-state index in [2.05, 4.69) is 27.8 Å². The first-order valence-electron chi connectivity index (χ1n) is 11.4. The van der Waals surface area contributed by atoms with E-state index >= 15 is 0 Å². The van der Waals surface area contributed by atoms with Crippen LogP contribution in [0, 0.1) is 11.7 Å². The van der Waals surface area contributed by atoms with Crippen molar-refractivity contribution in [3.63, 3.8) is 0 Å². The van der Waals surface area contributed by atoms with Gasteiger partial charge in [0.25, 0.3) is 5.91 Å². The molecular weight excluding hydrogens is 395 g/mol. The van der Waals surface area contributed by atoms with Crippen LogP contribution >= 0.6 is 0 Å². The average Bonchev–Trinajstić information content (AvgIpc) is 3.17. The summed E-state index contributed by atoms with van der Waals surface area (Å²) in [6, 6.07) is 6.53. The zero-order valence-corrected chi connectivity index (χ0v) is 18.0. The lowest BCUT2D eigenvalue weighted by molar-refractivity contribution is -0.129. The van der Waals surface area contributed by atoms with E-state index in [1.807, 2.05) is 6.07 Å². The lowest BCUT2D eigenvalue weighted by Crippen LogP contribution is -2.55. The fourth-order valence-electron chi connectivity index (χ4n) is 4.84. The molecule has 7 heteroatoms. The Morgan fingerprint density at radius 2 is 1.90 bits per heavy atom. The minimum Gasteiger partial charge on any atom is -0.351 e. The second kappa shape index (κ2) is 9.62. The zero-order chi connectivity index (χ0) is 21.8. The van der Waals surface area contributed by atoms with Crippen molar-refractivity contribution in [3.05, 3.63) is 53.1 Å². The molecule has 0 saturated heterocycles. The van der Waals surface area contributed by atoms with Gasteiger partial charge in [0, 0.05) is 23.7 Å². The van der Waals surface area contributed by atoms with Gasteiger partial charge < -0.3 is 10.6 Å². The summed E-state index contributed by atoms with van der Waals surface area (Å²) in [5.74, 6) is -0.110. The van der Waals surface area contributed by atoms with Crippen molar-refractivity contribution < 1.29 is 14.0 Å². The molecule has 2 atom stereocenters. The molecule has 1 heterocycles. The van der Waals surface area contributed by atoms with Crippen molar-refractivity contribution in [1.82, 2.24) is 20.8 Å². The van der Waals surface area contributed by atoms with E-state index in [1.54, 1.807) is 18.3 Å². The standard InChI is InChI=1S/C24H31FN4O2/c1-2-6-20-19(14-26-29-20)24(31)28-22-10-4-3-9-21(22)27-23(30)17-11-16(12-17)15-7-5-8-18(25)13-15/h5,7-8,13-14,16-17,21-22H,2-4,6,9-12H2,1H3,(H,26,29)(H,27,30)(H,28,31)/t16?,17?,21-,22-/m1/s1. The van der Waals surface area contributed by atoms with Crippen LogP contribution in [0.3, 0.4) is 0 Å². The molecule has 2 aliphatic rings. The van der Waals surface area contributed by atoms with Crippen molar-refractivity contribution in [1.29, 1.82) is 0 Å². The molecule has 166 valence electrons. The number of nitrogens with zero attached hydrogens (tertiary/aromatic N) is 1. The number of halogens is 1. The monoisotopic (exact) mass is 426 g/mol. The van der Waals surface area contributed by atoms with Gasteiger partial charge in [0.15, 0.2) is 0 Å². The van der Waals surface area contributed by atoms with Crippen LogP contribution in [-0.4, -0.2) is 34.1 Å². The molecule has 2 amide bonds. The van der Waals surface area contributed by atoms with Crippen molar-refractivity contribution in [2.24, 2.45) is 5.92 Å². The molecule has 2 aliphatic carbocycles. The van der Waals surface area contributed by atoms with Crippen molar-refractivity contribution in [2.75, 3.05) is 0 Å². The van der Waals surface area contributed by atoms with Gasteiger partial charge in [-0.15, -0.1) is 0 Å². The lowest BCUT2D eigenvalue weighted by atomic mass is 9.71. The van der Waals surface area contributed by atoms with Crippen LogP contribution < -0.4 is 10.6 Å². The first-order valence-corrected chi connectivity index (χ1v) is 11.4. The molecule has 2 saturated carbocycles. The van der Waals surface area contributed by atoms with E-state index in [9.17, 15) is 14.0 Å². The third-order valence-corrected chi connectivity index (χ3v) is 6.70. The summed E-state index contributed by atoms with van der Waals surface area (Å²) in [4.78, 5) is 25.6. The predicted octanol–water partition coefficient (Wildman–Crippen LogP) is 3.85. The van der Waals surface area contributed by atoms with Crippen LogP contribution in [-0.2, 0) is 11.2 Å². The number of benzene rings is 1. The summed E-state index contributed by atoms with van der Waals surface area (Å²) in [6.07, 6.45) is 8.58. The molecule has 1 aromatic heterocycles. The first kappa shape index (κ1) is 21.5. The summed E-state index contributed by atoms with van der Waals surface area (Å²) in [6.45, 7) is 2.06. The molecule has 0 spiro atoms. The zero-order valence-electron chi connectivity index (χ0n) is 18.0.